The van der Waals surface area contributed by atoms with Crippen molar-refractivity contribution in [3.05, 3.63) is 100 Å². The average Bonchev–Trinajstić information content (AvgIpc) is 3.13. The van der Waals surface area contributed by atoms with Gasteiger partial charge in [0.15, 0.2) is 0 Å². The largest absolute Gasteiger partial charge is 0.481 e. The molecule has 0 radical (unpaired) electrons. The summed E-state index contributed by atoms with van der Waals surface area (Å²) >= 11 is 6.08. The maximum Gasteiger partial charge on any atom is 0.305 e. The Kier molecular flexibility index (Phi) is 7.28. The Morgan fingerprint density at radius 2 is 1.74 bits per heavy atom. The van der Waals surface area contributed by atoms with Gasteiger partial charge in [0.05, 0.1) is 17.5 Å². The van der Waals surface area contributed by atoms with E-state index in [-0.39, 0.29) is 18.9 Å². The highest BCUT2D eigenvalue weighted by Gasteiger charge is 2.19. The molecule has 0 saturated heterocycles. The van der Waals surface area contributed by atoms with Gasteiger partial charge in [0.1, 0.15) is 5.82 Å². The van der Waals surface area contributed by atoms with Gasteiger partial charge in [-0.15, -0.1) is 0 Å². The van der Waals surface area contributed by atoms with Gasteiger partial charge in [-0.2, -0.15) is 0 Å². The number of imidazole rings is 1. The highest BCUT2D eigenvalue weighted by molar-refractivity contribution is 6.30. The standard InChI is InChI=1S/C27H26ClN3O3/c1-19-29-24-17-22(10-11-25(24)31(19)18-21-6-3-2-4-7-21)27(34)30(15-13-26(32)33)14-12-20-8-5-9-23(28)16-20/h2-11,16-17H,12-15,18H2,1H3,(H,32,33). The minimum Gasteiger partial charge on any atom is -0.481 e. The number of carbonyl (C=O) groups is 2. The Hall–Kier alpha value is -3.64. The lowest BCUT2D eigenvalue weighted by Crippen LogP contribution is -2.34. The lowest BCUT2D eigenvalue weighted by molar-refractivity contribution is -0.137. The summed E-state index contributed by atoms with van der Waals surface area (Å²) in [4.78, 5) is 30.8. The van der Waals surface area contributed by atoms with Crippen LogP contribution in [0.25, 0.3) is 11.0 Å². The number of halogens is 1. The molecular formula is C27H26ClN3O3. The molecule has 0 atom stereocenters. The van der Waals surface area contributed by atoms with Crippen molar-refractivity contribution in [3.8, 4) is 0 Å². The molecule has 1 heterocycles. The molecule has 4 rings (SSSR count). The van der Waals surface area contributed by atoms with E-state index in [1.165, 1.54) is 5.56 Å². The molecule has 0 aliphatic carbocycles. The van der Waals surface area contributed by atoms with Crippen molar-refractivity contribution in [2.24, 2.45) is 0 Å². The van der Waals surface area contributed by atoms with Gasteiger partial charge in [-0.05, 0) is 54.8 Å². The first-order valence-corrected chi connectivity index (χ1v) is 11.5. The van der Waals surface area contributed by atoms with Gasteiger partial charge in [-0.1, -0.05) is 54.1 Å². The van der Waals surface area contributed by atoms with E-state index in [4.69, 9.17) is 16.7 Å². The molecule has 34 heavy (non-hydrogen) atoms. The molecule has 0 bridgehead atoms. The van der Waals surface area contributed by atoms with Gasteiger partial charge in [-0.25, -0.2) is 4.98 Å². The van der Waals surface area contributed by atoms with Crippen molar-refractivity contribution in [3.63, 3.8) is 0 Å². The van der Waals surface area contributed by atoms with Crippen molar-refractivity contribution < 1.29 is 14.7 Å². The quantitative estimate of drug-likeness (QED) is 0.360. The van der Waals surface area contributed by atoms with Gasteiger partial charge < -0.3 is 14.6 Å². The van der Waals surface area contributed by atoms with Crippen LogP contribution >= 0.6 is 11.6 Å². The molecule has 0 aliphatic heterocycles. The maximum absolute atomic E-state index is 13.3. The third kappa shape index (κ3) is 5.64. The molecule has 1 N–H and O–H groups in total. The number of aromatic nitrogens is 2. The summed E-state index contributed by atoms with van der Waals surface area (Å²) < 4.78 is 2.13. The molecule has 4 aromatic rings. The Morgan fingerprint density at radius 1 is 0.971 bits per heavy atom. The number of hydrogen-bond donors (Lipinski definition) is 1. The zero-order valence-corrected chi connectivity index (χ0v) is 19.7. The van der Waals surface area contributed by atoms with Gasteiger partial charge >= 0.3 is 5.97 Å². The van der Waals surface area contributed by atoms with Gasteiger partial charge in [-0.3, -0.25) is 9.59 Å². The number of nitrogens with zero attached hydrogens (tertiary/aromatic N) is 3. The van der Waals surface area contributed by atoms with Crippen LogP contribution in [0.2, 0.25) is 5.02 Å². The van der Waals surface area contributed by atoms with Crippen LogP contribution in [0.15, 0.2) is 72.8 Å². The first kappa shape index (κ1) is 23.5. The van der Waals surface area contributed by atoms with Crippen LogP contribution in [-0.2, 0) is 17.8 Å². The molecular weight excluding hydrogens is 450 g/mol. The number of carboxylic acids is 1. The number of aryl methyl sites for hydroxylation is 1. The Morgan fingerprint density at radius 3 is 2.47 bits per heavy atom. The molecule has 0 saturated carbocycles. The second-order valence-corrected chi connectivity index (χ2v) is 8.69. The summed E-state index contributed by atoms with van der Waals surface area (Å²) in [5.74, 6) is -0.279. The number of fused-ring (bicyclic) bond motifs is 1. The monoisotopic (exact) mass is 475 g/mol. The summed E-state index contributed by atoms with van der Waals surface area (Å²) in [5.41, 5.74) is 4.35. The van der Waals surface area contributed by atoms with E-state index in [1.807, 2.05) is 49.4 Å². The van der Waals surface area contributed by atoms with E-state index in [2.05, 4.69) is 21.7 Å². The fraction of sp³-hybridized carbons (Fsp3) is 0.222. The fourth-order valence-corrected chi connectivity index (χ4v) is 4.25. The van der Waals surface area contributed by atoms with Crippen LogP contribution in [0.5, 0.6) is 0 Å². The van der Waals surface area contributed by atoms with Crippen LogP contribution in [0, 0.1) is 6.92 Å². The van der Waals surface area contributed by atoms with Crippen LogP contribution in [0.4, 0.5) is 0 Å². The van der Waals surface area contributed by atoms with Crippen LogP contribution in [-0.4, -0.2) is 44.5 Å². The molecule has 0 unspecified atom stereocenters. The second-order valence-electron chi connectivity index (χ2n) is 8.25. The molecule has 1 aromatic heterocycles. The Balaban J connectivity index is 1.56. The van der Waals surface area contributed by atoms with E-state index in [9.17, 15) is 9.59 Å². The Bertz CT molecular complexity index is 1320. The van der Waals surface area contributed by atoms with Crippen LogP contribution < -0.4 is 0 Å². The third-order valence-corrected chi connectivity index (χ3v) is 6.05. The van der Waals surface area contributed by atoms with E-state index in [1.54, 1.807) is 23.1 Å². The predicted octanol–water partition coefficient (Wildman–Crippen LogP) is 5.21. The van der Waals surface area contributed by atoms with E-state index in [0.717, 1.165) is 22.4 Å². The number of benzene rings is 3. The minimum absolute atomic E-state index is 0.117. The SMILES string of the molecule is Cc1nc2cc(C(=O)N(CCC(=O)O)CCc3cccc(Cl)c3)ccc2n1Cc1ccccc1. The average molecular weight is 476 g/mol. The molecule has 7 heteroatoms. The number of amides is 1. The van der Waals surface area contributed by atoms with Crippen molar-refractivity contribution in [2.75, 3.05) is 13.1 Å². The van der Waals surface area contributed by atoms with Crippen molar-refractivity contribution in [2.45, 2.75) is 26.3 Å². The summed E-state index contributed by atoms with van der Waals surface area (Å²) in [6, 6.07) is 23.1. The molecule has 6 nitrogen and oxygen atoms in total. The molecule has 174 valence electrons. The van der Waals surface area contributed by atoms with E-state index in [0.29, 0.717) is 30.1 Å². The molecule has 3 aromatic carbocycles. The summed E-state index contributed by atoms with van der Waals surface area (Å²) in [7, 11) is 0. The van der Waals surface area contributed by atoms with Crippen LogP contribution in [0.3, 0.4) is 0 Å². The molecule has 0 aliphatic rings. The number of aliphatic carboxylic acids is 1. The molecule has 0 spiro atoms. The number of rotatable bonds is 9. The number of carboxylic acid groups (broad SMARTS) is 1. The maximum atomic E-state index is 13.3. The van der Waals surface area contributed by atoms with Gasteiger partial charge in [0.25, 0.3) is 5.91 Å². The summed E-state index contributed by atoms with van der Waals surface area (Å²) in [6.07, 6.45) is 0.466. The van der Waals surface area contributed by atoms with Crippen molar-refractivity contribution in [1.29, 1.82) is 0 Å². The smallest absolute Gasteiger partial charge is 0.305 e. The predicted molar refractivity (Wildman–Crippen MR) is 133 cm³/mol. The van der Waals surface area contributed by atoms with E-state index < -0.39 is 5.97 Å². The van der Waals surface area contributed by atoms with Gasteiger partial charge in [0.2, 0.25) is 0 Å². The van der Waals surface area contributed by atoms with E-state index >= 15 is 0 Å². The first-order valence-electron chi connectivity index (χ1n) is 11.2. The zero-order valence-electron chi connectivity index (χ0n) is 18.9. The zero-order chi connectivity index (χ0) is 24.1. The second kappa shape index (κ2) is 10.5. The van der Waals surface area contributed by atoms with Crippen molar-refractivity contribution >= 4 is 34.5 Å². The van der Waals surface area contributed by atoms with Crippen molar-refractivity contribution in [1.82, 2.24) is 14.5 Å². The number of carbonyl (C=O) groups excluding carboxylic acids is 1. The minimum atomic E-state index is -0.939. The highest BCUT2D eigenvalue weighted by atomic mass is 35.5. The summed E-state index contributed by atoms with van der Waals surface area (Å²) in [6.45, 7) is 3.18. The lowest BCUT2D eigenvalue weighted by atomic mass is 10.1. The third-order valence-electron chi connectivity index (χ3n) is 5.81. The molecule has 0 fully saturated rings. The topological polar surface area (TPSA) is 75.4 Å². The highest BCUT2D eigenvalue weighted by Crippen LogP contribution is 2.21. The van der Waals surface area contributed by atoms with Crippen LogP contribution in [0.1, 0.15) is 33.7 Å². The van der Waals surface area contributed by atoms with Gasteiger partial charge in [0, 0.05) is 30.2 Å². The molecule has 1 amide bonds. The summed E-state index contributed by atoms with van der Waals surface area (Å²) in [5, 5.41) is 9.80. The first-order chi connectivity index (χ1) is 16.4. The lowest BCUT2D eigenvalue weighted by Gasteiger charge is -2.22. The fourth-order valence-electron chi connectivity index (χ4n) is 4.03. The Labute approximate surface area is 203 Å². The normalized spacial score (nSPS) is 11.0. The number of hydrogen-bond acceptors (Lipinski definition) is 3.